The molecule has 0 spiro atoms. The number of fused-ring (bicyclic) bond motifs is 3. The molecule has 3 rings (SSSR count). The molecule has 5 atom stereocenters. The second kappa shape index (κ2) is 7.23. The average Bonchev–Trinajstić information content (AvgIpc) is 3.09. The molecule has 0 saturated carbocycles. The van der Waals surface area contributed by atoms with E-state index in [-0.39, 0.29) is 29.6 Å². The van der Waals surface area contributed by atoms with Crippen molar-refractivity contribution in [2.45, 2.75) is 51.4 Å². The number of hydrogen-bond donors (Lipinski definition) is 1. The predicted octanol–water partition coefficient (Wildman–Crippen LogP) is 1.30. The zero-order valence-electron chi connectivity index (χ0n) is 15.0. The van der Waals surface area contributed by atoms with Crippen molar-refractivity contribution in [3.05, 3.63) is 23.8 Å². The number of aliphatic hydroxyl groups is 1. The molecule has 2 heterocycles. The van der Waals surface area contributed by atoms with Crippen molar-refractivity contribution < 1.29 is 33.7 Å². The van der Waals surface area contributed by atoms with Crippen LogP contribution in [0.4, 0.5) is 0 Å². The van der Waals surface area contributed by atoms with Gasteiger partial charge in [-0.2, -0.15) is 0 Å². The summed E-state index contributed by atoms with van der Waals surface area (Å²) in [7, 11) is 0. The van der Waals surface area contributed by atoms with Crippen LogP contribution in [0, 0.1) is 17.8 Å². The Morgan fingerprint density at radius 3 is 2.69 bits per heavy atom. The molecule has 0 aromatic heterocycles. The molecule has 1 saturated heterocycles. The predicted molar refractivity (Wildman–Crippen MR) is 89.6 cm³/mol. The smallest absolute Gasteiger partial charge is 0.338 e. The Labute approximate surface area is 152 Å². The van der Waals surface area contributed by atoms with E-state index in [0.29, 0.717) is 19.3 Å². The normalized spacial score (nSPS) is 34.1. The van der Waals surface area contributed by atoms with Crippen molar-refractivity contribution in [3.8, 4) is 0 Å². The van der Waals surface area contributed by atoms with Crippen molar-refractivity contribution in [1.29, 1.82) is 0 Å². The summed E-state index contributed by atoms with van der Waals surface area (Å²) in [6, 6.07) is 0. The number of ether oxygens (including phenoxy) is 3. The molecule has 0 unspecified atom stereocenters. The Kier molecular flexibility index (Phi) is 5.18. The molecule has 1 aliphatic carbocycles. The van der Waals surface area contributed by atoms with Crippen LogP contribution in [-0.4, -0.2) is 47.9 Å². The van der Waals surface area contributed by atoms with Gasteiger partial charge in [-0.15, -0.1) is 0 Å². The first-order valence-electron chi connectivity index (χ1n) is 8.95. The topological polar surface area (TPSA) is 99.1 Å². The molecule has 1 fully saturated rings. The van der Waals surface area contributed by atoms with E-state index < -0.39 is 42.1 Å². The van der Waals surface area contributed by atoms with Gasteiger partial charge >= 0.3 is 17.9 Å². The first-order valence-corrected chi connectivity index (χ1v) is 8.95. The Bertz CT molecular complexity index is 663. The maximum absolute atomic E-state index is 12.4. The number of carbonyl (C=O) groups is 3. The first-order chi connectivity index (χ1) is 12.3. The Morgan fingerprint density at radius 1 is 1.31 bits per heavy atom. The van der Waals surface area contributed by atoms with Crippen LogP contribution >= 0.6 is 0 Å². The molecular formula is C19H24O7. The second-order valence-electron chi connectivity index (χ2n) is 7.43. The van der Waals surface area contributed by atoms with E-state index in [1.54, 1.807) is 19.9 Å². The van der Waals surface area contributed by atoms with Crippen LogP contribution in [0.15, 0.2) is 23.8 Å². The van der Waals surface area contributed by atoms with Crippen LogP contribution in [0.25, 0.3) is 0 Å². The molecular weight excluding hydrogens is 340 g/mol. The van der Waals surface area contributed by atoms with Gasteiger partial charge in [0.2, 0.25) is 0 Å². The maximum Gasteiger partial charge on any atom is 0.338 e. The number of esters is 3. The zero-order chi connectivity index (χ0) is 19.0. The monoisotopic (exact) mass is 364 g/mol. The lowest BCUT2D eigenvalue weighted by Gasteiger charge is -2.26. The van der Waals surface area contributed by atoms with Crippen molar-refractivity contribution in [2.75, 3.05) is 6.61 Å². The SMILES string of the molecule is C=C1C(=O)O[C@@H]2C[C@H](CO)CC[C@H](OC(=O)C(C)C)C3=C[C@@H](OC3=O)[C@@H]12. The van der Waals surface area contributed by atoms with Crippen molar-refractivity contribution >= 4 is 17.9 Å². The van der Waals surface area contributed by atoms with E-state index in [1.807, 2.05) is 0 Å². The molecule has 2 aliphatic heterocycles. The molecule has 0 aromatic rings. The summed E-state index contributed by atoms with van der Waals surface area (Å²) >= 11 is 0. The van der Waals surface area contributed by atoms with Crippen molar-refractivity contribution in [3.63, 3.8) is 0 Å². The van der Waals surface area contributed by atoms with Crippen molar-refractivity contribution in [2.24, 2.45) is 17.8 Å². The molecule has 0 amide bonds. The Balaban J connectivity index is 1.93. The van der Waals surface area contributed by atoms with Gasteiger partial charge in [0.1, 0.15) is 18.3 Å². The van der Waals surface area contributed by atoms with Gasteiger partial charge < -0.3 is 19.3 Å². The van der Waals surface area contributed by atoms with Gasteiger partial charge in [-0.25, -0.2) is 9.59 Å². The summed E-state index contributed by atoms with van der Waals surface area (Å²) in [5, 5.41) is 9.69. The van der Waals surface area contributed by atoms with Gasteiger partial charge in [0.25, 0.3) is 0 Å². The molecule has 2 bridgehead atoms. The van der Waals surface area contributed by atoms with Crippen molar-refractivity contribution in [1.82, 2.24) is 0 Å². The molecule has 0 aromatic carbocycles. The number of aliphatic hydroxyl groups excluding tert-OH is 1. The lowest BCUT2D eigenvalue weighted by molar-refractivity contribution is -0.153. The fourth-order valence-electron chi connectivity index (χ4n) is 3.69. The van der Waals surface area contributed by atoms with Crippen LogP contribution in [0.5, 0.6) is 0 Å². The second-order valence-corrected chi connectivity index (χ2v) is 7.43. The molecule has 7 nitrogen and oxygen atoms in total. The van der Waals surface area contributed by atoms with E-state index in [2.05, 4.69) is 6.58 Å². The van der Waals surface area contributed by atoms with Gasteiger partial charge in [-0.05, 0) is 31.3 Å². The molecule has 7 heteroatoms. The third-order valence-corrected chi connectivity index (χ3v) is 5.24. The number of rotatable bonds is 3. The summed E-state index contributed by atoms with van der Waals surface area (Å²) in [6.07, 6.45) is 1.09. The zero-order valence-corrected chi connectivity index (χ0v) is 15.0. The standard InChI is InChI=1S/C19H24O7/c1-9(2)17(21)24-13-5-4-11(8-20)6-14-16(10(3)18(22)25-14)15-7-12(13)19(23)26-15/h7,9,11,13-16,20H,3-6,8H2,1-2H3/t11-,13+,14-,15-,16+/m1/s1. The van der Waals surface area contributed by atoms with Gasteiger partial charge in [0.15, 0.2) is 0 Å². The molecule has 1 N–H and O–H groups in total. The van der Waals surface area contributed by atoms with E-state index >= 15 is 0 Å². The van der Waals surface area contributed by atoms with E-state index in [9.17, 15) is 19.5 Å². The minimum Gasteiger partial charge on any atom is -0.458 e. The quantitative estimate of drug-likeness (QED) is 0.458. The van der Waals surface area contributed by atoms with Gasteiger partial charge in [-0.3, -0.25) is 4.79 Å². The largest absolute Gasteiger partial charge is 0.458 e. The van der Waals surface area contributed by atoms with E-state index in [0.717, 1.165) is 0 Å². The number of carbonyl (C=O) groups excluding carboxylic acids is 3. The first kappa shape index (κ1) is 18.6. The summed E-state index contributed by atoms with van der Waals surface area (Å²) in [6.45, 7) is 7.14. The average molecular weight is 364 g/mol. The lowest BCUT2D eigenvalue weighted by Crippen LogP contribution is -2.31. The fourth-order valence-corrected chi connectivity index (χ4v) is 3.69. The minimum absolute atomic E-state index is 0.0867. The molecule has 142 valence electrons. The number of hydrogen-bond acceptors (Lipinski definition) is 7. The van der Waals surface area contributed by atoms with Gasteiger partial charge in [0.05, 0.1) is 17.4 Å². The third kappa shape index (κ3) is 3.40. The molecule has 3 aliphatic rings. The van der Waals surface area contributed by atoms with Crippen LogP contribution in [0.3, 0.4) is 0 Å². The molecule has 26 heavy (non-hydrogen) atoms. The highest BCUT2D eigenvalue weighted by molar-refractivity contribution is 5.94. The van der Waals surface area contributed by atoms with Gasteiger partial charge in [-0.1, -0.05) is 20.4 Å². The van der Waals surface area contributed by atoms with Crippen LogP contribution < -0.4 is 0 Å². The Morgan fingerprint density at radius 2 is 2.04 bits per heavy atom. The third-order valence-electron chi connectivity index (χ3n) is 5.24. The summed E-state index contributed by atoms with van der Waals surface area (Å²) in [5.41, 5.74) is 0.548. The Hall–Kier alpha value is -2.15. The van der Waals surface area contributed by atoms with E-state index in [1.165, 1.54) is 0 Å². The van der Waals surface area contributed by atoms with Gasteiger partial charge in [0, 0.05) is 12.2 Å². The summed E-state index contributed by atoms with van der Waals surface area (Å²) < 4.78 is 16.4. The van der Waals surface area contributed by atoms with E-state index in [4.69, 9.17) is 14.2 Å². The highest BCUT2D eigenvalue weighted by atomic mass is 16.6. The van der Waals surface area contributed by atoms with Crippen LogP contribution in [-0.2, 0) is 28.6 Å². The molecule has 0 radical (unpaired) electrons. The fraction of sp³-hybridized carbons (Fsp3) is 0.632. The lowest BCUT2D eigenvalue weighted by atomic mass is 9.83. The van der Waals surface area contributed by atoms with Crippen LogP contribution in [0.1, 0.15) is 33.1 Å². The highest BCUT2D eigenvalue weighted by Crippen LogP contribution is 2.40. The maximum atomic E-state index is 12.4. The highest BCUT2D eigenvalue weighted by Gasteiger charge is 2.49. The summed E-state index contributed by atoms with van der Waals surface area (Å²) in [5.74, 6) is -2.40. The minimum atomic E-state index is -0.723. The summed E-state index contributed by atoms with van der Waals surface area (Å²) in [4.78, 5) is 36.4. The van der Waals surface area contributed by atoms with Crippen LogP contribution in [0.2, 0.25) is 0 Å².